The van der Waals surface area contributed by atoms with Crippen LogP contribution < -0.4 is 5.32 Å². The molecule has 3 rings (SSSR count). The first kappa shape index (κ1) is 16.9. The molecule has 0 bridgehead atoms. The summed E-state index contributed by atoms with van der Waals surface area (Å²) >= 11 is 0. The summed E-state index contributed by atoms with van der Waals surface area (Å²) in [5.74, 6) is -0.174. The Bertz CT molecular complexity index is 803. The average molecular weight is 336 g/mol. The van der Waals surface area contributed by atoms with E-state index < -0.39 is 0 Å². The number of nitrogens with one attached hydrogen (secondary N) is 1. The highest BCUT2D eigenvalue weighted by Crippen LogP contribution is 2.17. The molecule has 6 heteroatoms. The average Bonchev–Trinajstić information content (AvgIpc) is 3.11. The summed E-state index contributed by atoms with van der Waals surface area (Å²) in [7, 11) is 0. The molecule has 1 aromatic heterocycles. The van der Waals surface area contributed by atoms with Gasteiger partial charge in [-0.05, 0) is 12.0 Å². The molecule has 1 amide bonds. The molecule has 1 atom stereocenters. The molecule has 128 valence electrons. The van der Waals surface area contributed by atoms with Gasteiger partial charge in [-0.1, -0.05) is 65.9 Å². The molecular weight excluding hydrogens is 316 g/mol. The number of aromatic nitrogens is 3. The Labute approximate surface area is 146 Å². The number of amides is 1. The maximum Gasteiger partial charge on any atom is 0.242 e. The lowest BCUT2D eigenvalue weighted by Crippen LogP contribution is -2.32. The van der Waals surface area contributed by atoms with Crippen molar-refractivity contribution in [2.45, 2.75) is 19.0 Å². The minimum Gasteiger partial charge on any atom is -0.396 e. The minimum atomic E-state index is -0.226. The van der Waals surface area contributed by atoms with Gasteiger partial charge in [-0.25, -0.2) is 4.68 Å². The van der Waals surface area contributed by atoms with Crippen molar-refractivity contribution in [3.8, 4) is 11.3 Å². The number of aliphatic hydroxyl groups excluding tert-OH is 1. The van der Waals surface area contributed by atoms with Crippen LogP contribution in [0.5, 0.6) is 0 Å². The molecule has 2 N–H and O–H groups in total. The molecule has 0 saturated carbocycles. The monoisotopic (exact) mass is 336 g/mol. The third-order valence-corrected chi connectivity index (χ3v) is 3.87. The van der Waals surface area contributed by atoms with E-state index in [4.69, 9.17) is 0 Å². The van der Waals surface area contributed by atoms with Gasteiger partial charge >= 0.3 is 0 Å². The highest BCUT2D eigenvalue weighted by molar-refractivity contribution is 5.76. The number of aliphatic hydroxyl groups is 1. The van der Waals surface area contributed by atoms with Crippen LogP contribution in [0.3, 0.4) is 0 Å². The Hall–Kier alpha value is -2.99. The van der Waals surface area contributed by atoms with Crippen LogP contribution in [-0.4, -0.2) is 32.6 Å². The van der Waals surface area contributed by atoms with E-state index in [-0.39, 0.29) is 25.1 Å². The molecule has 0 fully saturated rings. The van der Waals surface area contributed by atoms with Gasteiger partial charge in [0.15, 0.2) is 0 Å². The first-order chi connectivity index (χ1) is 12.3. The van der Waals surface area contributed by atoms with Crippen LogP contribution in [-0.2, 0) is 11.3 Å². The van der Waals surface area contributed by atoms with Crippen LogP contribution in [0.25, 0.3) is 11.3 Å². The van der Waals surface area contributed by atoms with Gasteiger partial charge in [0, 0.05) is 12.2 Å². The van der Waals surface area contributed by atoms with Gasteiger partial charge < -0.3 is 10.4 Å². The van der Waals surface area contributed by atoms with E-state index in [0.717, 1.165) is 16.8 Å². The summed E-state index contributed by atoms with van der Waals surface area (Å²) in [6, 6.07) is 19.1. The van der Waals surface area contributed by atoms with Crippen LogP contribution in [0.4, 0.5) is 0 Å². The number of carbonyl (C=O) groups excluding carboxylic acids is 1. The zero-order valence-electron chi connectivity index (χ0n) is 13.7. The van der Waals surface area contributed by atoms with E-state index in [1.807, 2.05) is 60.7 Å². The van der Waals surface area contributed by atoms with E-state index in [0.29, 0.717) is 6.42 Å². The highest BCUT2D eigenvalue weighted by Gasteiger charge is 2.15. The fourth-order valence-electron chi connectivity index (χ4n) is 2.64. The zero-order valence-corrected chi connectivity index (χ0v) is 13.7. The second kappa shape index (κ2) is 8.21. The van der Waals surface area contributed by atoms with Crippen LogP contribution in [0.15, 0.2) is 66.9 Å². The van der Waals surface area contributed by atoms with E-state index in [1.165, 1.54) is 4.68 Å². The maximum atomic E-state index is 12.3. The van der Waals surface area contributed by atoms with Gasteiger partial charge in [0.2, 0.25) is 5.91 Å². The van der Waals surface area contributed by atoms with Gasteiger partial charge in [0.25, 0.3) is 0 Å². The van der Waals surface area contributed by atoms with Crippen molar-refractivity contribution < 1.29 is 9.90 Å². The third kappa shape index (κ3) is 4.51. The van der Waals surface area contributed by atoms with Crippen molar-refractivity contribution in [1.82, 2.24) is 20.3 Å². The minimum absolute atomic E-state index is 0.00131. The van der Waals surface area contributed by atoms with E-state index >= 15 is 0 Å². The summed E-state index contributed by atoms with van der Waals surface area (Å²) in [6.45, 7) is 0.0793. The smallest absolute Gasteiger partial charge is 0.242 e. The van der Waals surface area contributed by atoms with Crippen molar-refractivity contribution in [2.24, 2.45) is 0 Å². The summed E-state index contributed by atoms with van der Waals surface area (Å²) < 4.78 is 1.51. The standard InChI is InChI=1S/C19H20N4O2/c24-12-11-17(15-7-3-1-4-8-15)20-19(25)14-23-13-18(21-22-23)16-9-5-2-6-10-16/h1-10,13,17,24H,11-12,14H2,(H,20,25). The summed E-state index contributed by atoms with van der Waals surface area (Å²) in [6.07, 6.45) is 2.21. The molecule has 1 heterocycles. The highest BCUT2D eigenvalue weighted by atomic mass is 16.3. The Morgan fingerprint density at radius 2 is 1.76 bits per heavy atom. The Kier molecular flexibility index (Phi) is 5.53. The van der Waals surface area contributed by atoms with Crippen LogP contribution in [0.2, 0.25) is 0 Å². The number of nitrogens with zero attached hydrogens (tertiary/aromatic N) is 3. The molecule has 1 unspecified atom stereocenters. The largest absolute Gasteiger partial charge is 0.396 e. The third-order valence-electron chi connectivity index (χ3n) is 3.87. The van der Waals surface area contributed by atoms with Gasteiger partial charge in [0.05, 0.1) is 12.2 Å². The van der Waals surface area contributed by atoms with Crippen LogP contribution in [0.1, 0.15) is 18.0 Å². The second-order valence-corrected chi connectivity index (χ2v) is 5.71. The Balaban J connectivity index is 1.65. The molecule has 0 aliphatic rings. The van der Waals surface area contributed by atoms with E-state index in [1.54, 1.807) is 6.20 Å². The Morgan fingerprint density at radius 1 is 1.08 bits per heavy atom. The normalized spacial score (nSPS) is 11.9. The van der Waals surface area contributed by atoms with Crippen molar-refractivity contribution in [3.05, 3.63) is 72.4 Å². The molecule has 0 aliphatic heterocycles. The number of hydrogen-bond acceptors (Lipinski definition) is 4. The number of benzene rings is 2. The molecule has 0 saturated heterocycles. The topological polar surface area (TPSA) is 80.0 Å². The number of rotatable bonds is 7. The molecule has 0 aliphatic carbocycles. The number of carbonyl (C=O) groups is 1. The first-order valence-electron chi connectivity index (χ1n) is 8.17. The van der Waals surface area contributed by atoms with Gasteiger partial charge in [0.1, 0.15) is 12.2 Å². The lowest BCUT2D eigenvalue weighted by molar-refractivity contribution is -0.122. The molecule has 3 aromatic rings. The van der Waals surface area contributed by atoms with E-state index in [2.05, 4.69) is 15.6 Å². The van der Waals surface area contributed by atoms with Crippen LogP contribution >= 0.6 is 0 Å². The second-order valence-electron chi connectivity index (χ2n) is 5.71. The van der Waals surface area contributed by atoms with Gasteiger partial charge in [-0.2, -0.15) is 0 Å². The summed E-state index contributed by atoms with van der Waals surface area (Å²) in [5.41, 5.74) is 2.65. The molecule has 0 spiro atoms. The molecule has 0 radical (unpaired) electrons. The lowest BCUT2D eigenvalue weighted by atomic mass is 10.0. The quantitative estimate of drug-likeness (QED) is 0.693. The molecule has 25 heavy (non-hydrogen) atoms. The fraction of sp³-hybridized carbons (Fsp3) is 0.211. The summed E-state index contributed by atoms with van der Waals surface area (Å²) in [5, 5.41) is 20.3. The zero-order chi connectivity index (χ0) is 17.5. The Morgan fingerprint density at radius 3 is 2.44 bits per heavy atom. The SMILES string of the molecule is O=C(Cn1cc(-c2ccccc2)nn1)NC(CCO)c1ccccc1. The van der Waals surface area contributed by atoms with Gasteiger partial charge in [-0.15, -0.1) is 5.10 Å². The maximum absolute atomic E-state index is 12.3. The van der Waals surface area contributed by atoms with Crippen molar-refractivity contribution >= 4 is 5.91 Å². The lowest BCUT2D eigenvalue weighted by Gasteiger charge is -2.18. The molecular formula is C19H20N4O2. The fourth-order valence-corrected chi connectivity index (χ4v) is 2.64. The van der Waals surface area contributed by atoms with Crippen LogP contribution in [0, 0.1) is 0 Å². The van der Waals surface area contributed by atoms with Gasteiger partial charge in [-0.3, -0.25) is 4.79 Å². The predicted molar refractivity (Wildman–Crippen MR) is 94.5 cm³/mol. The van der Waals surface area contributed by atoms with Crippen molar-refractivity contribution in [2.75, 3.05) is 6.61 Å². The molecule has 2 aromatic carbocycles. The van der Waals surface area contributed by atoms with Crippen molar-refractivity contribution in [1.29, 1.82) is 0 Å². The van der Waals surface area contributed by atoms with Crippen molar-refractivity contribution in [3.63, 3.8) is 0 Å². The number of hydrogen-bond donors (Lipinski definition) is 2. The predicted octanol–water partition coefficient (Wildman–Crippen LogP) is 2.18. The molecule has 6 nitrogen and oxygen atoms in total. The summed E-state index contributed by atoms with van der Waals surface area (Å²) in [4.78, 5) is 12.3. The first-order valence-corrected chi connectivity index (χ1v) is 8.17. The van der Waals surface area contributed by atoms with E-state index in [9.17, 15) is 9.90 Å².